The highest BCUT2D eigenvalue weighted by Crippen LogP contribution is 2.30. The minimum absolute atomic E-state index is 0.0532. The van der Waals surface area contributed by atoms with Crippen LogP contribution >= 0.6 is 11.3 Å². The van der Waals surface area contributed by atoms with Gasteiger partial charge in [-0.3, -0.25) is 9.48 Å². The summed E-state index contributed by atoms with van der Waals surface area (Å²) in [7, 11) is -3.55. The molecule has 9 nitrogen and oxygen atoms in total. The van der Waals surface area contributed by atoms with E-state index in [-0.39, 0.29) is 22.5 Å². The van der Waals surface area contributed by atoms with Gasteiger partial charge < -0.3 is 9.84 Å². The van der Waals surface area contributed by atoms with E-state index in [0.717, 1.165) is 4.88 Å². The maximum absolute atomic E-state index is 12.8. The molecule has 0 aliphatic carbocycles. The number of thiophene rings is 1. The molecule has 0 unspecified atom stereocenters. The molecule has 1 fully saturated rings. The van der Waals surface area contributed by atoms with Gasteiger partial charge in [0.15, 0.2) is 0 Å². The molecule has 160 valence electrons. The minimum atomic E-state index is -3.55. The lowest BCUT2D eigenvalue weighted by Gasteiger charge is -2.29. The maximum atomic E-state index is 12.8. The molecule has 0 radical (unpaired) electrons. The number of aromatic nitrogens is 3. The van der Waals surface area contributed by atoms with Gasteiger partial charge in [-0.15, -0.1) is 11.3 Å². The lowest BCUT2D eigenvalue weighted by molar-refractivity contribution is 0.0914. The molecule has 1 saturated heterocycles. The number of rotatable bonds is 7. The van der Waals surface area contributed by atoms with Gasteiger partial charge >= 0.3 is 0 Å². The van der Waals surface area contributed by atoms with Gasteiger partial charge in [-0.2, -0.15) is 9.40 Å². The monoisotopic (exact) mass is 449 g/mol. The van der Waals surface area contributed by atoms with Crippen molar-refractivity contribution in [3.8, 4) is 0 Å². The molecule has 0 atom stereocenters. The van der Waals surface area contributed by atoms with Gasteiger partial charge in [0.1, 0.15) is 4.90 Å². The summed E-state index contributed by atoms with van der Waals surface area (Å²) in [5.74, 6) is -0.0869. The van der Waals surface area contributed by atoms with E-state index in [1.807, 2.05) is 24.4 Å². The Hall–Kier alpha value is -2.50. The molecule has 4 heterocycles. The van der Waals surface area contributed by atoms with Crippen LogP contribution in [0.5, 0.6) is 0 Å². The average molecular weight is 450 g/mol. The fraction of sp³-hybridized carbons (Fsp3) is 0.421. The Morgan fingerprint density at radius 1 is 1.37 bits per heavy atom. The number of hydrogen-bond acceptors (Lipinski definition) is 7. The van der Waals surface area contributed by atoms with Crippen LogP contribution in [-0.2, 0) is 23.1 Å². The van der Waals surface area contributed by atoms with Gasteiger partial charge in [-0.1, -0.05) is 11.2 Å². The SMILES string of the molecule is CCn1cc(S(=O)(=O)N2CCC(c3cc(C(=O)NCc4cccs4)on3)CC2)cn1. The molecule has 0 aromatic carbocycles. The third kappa shape index (κ3) is 4.32. The number of carbonyl (C=O) groups is 1. The van der Waals surface area contributed by atoms with Crippen LogP contribution in [0.1, 0.15) is 46.8 Å². The van der Waals surface area contributed by atoms with E-state index in [1.54, 1.807) is 28.3 Å². The van der Waals surface area contributed by atoms with Crippen molar-refractivity contribution < 1.29 is 17.7 Å². The Bertz CT molecular complexity index is 1100. The Labute approximate surface area is 178 Å². The van der Waals surface area contributed by atoms with Gasteiger partial charge in [0, 0.05) is 42.7 Å². The van der Waals surface area contributed by atoms with Gasteiger partial charge in [-0.25, -0.2) is 8.42 Å². The molecule has 0 bridgehead atoms. The number of nitrogens with zero attached hydrogens (tertiary/aromatic N) is 4. The van der Waals surface area contributed by atoms with Crippen molar-refractivity contribution in [3.63, 3.8) is 0 Å². The third-order valence-electron chi connectivity index (χ3n) is 5.20. The molecule has 1 aliphatic heterocycles. The first-order valence-corrected chi connectivity index (χ1v) is 12.1. The average Bonchev–Trinajstić information content (AvgIpc) is 3.53. The molecule has 0 spiro atoms. The van der Waals surface area contributed by atoms with Gasteiger partial charge in [0.2, 0.25) is 15.8 Å². The zero-order valence-electron chi connectivity index (χ0n) is 16.5. The smallest absolute Gasteiger partial charge is 0.290 e. The highest BCUT2D eigenvalue weighted by atomic mass is 32.2. The lowest BCUT2D eigenvalue weighted by Crippen LogP contribution is -2.37. The summed E-state index contributed by atoms with van der Waals surface area (Å²) in [5, 5.41) is 12.9. The van der Waals surface area contributed by atoms with Crippen molar-refractivity contribution in [2.45, 2.75) is 43.7 Å². The molecule has 0 saturated carbocycles. The van der Waals surface area contributed by atoms with Crippen LogP contribution in [0.25, 0.3) is 0 Å². The molecular weight excluding hydrogens is 426 g/mol. The van der Waals surface area contributed by atoms with Crippen LogP contribution in [0.4, 0.5) is 0 Å². The zero-order valence-corrected chi connectivity index (χ0v) is 18.2. The number of hydrogen-bond donors (Lipinski definition) is 1. The van der Waals surface area contributed by atoms with Crippen molar-refractivity contribution in [3.05, 3.63) is 52.3 Å². The molecule has 11 heteroatoms. The molecule has 30 heavy (non-hydrogen) atoms. The summed E-state index contributed by atoms with van der Waals surface area (Å²) in [6, 6.07) is 5.54. The van der Waals surface area contributed by atoms with E-state index in [2.05, 4.69) is 15.6 Å². The van der Waals surface area contributed by atoms with E-state index in [9.17, 15) is 13.2 Å². The number of aryl methyl sites for hydroxylation is 1. The van der Waals surface area contributed by atoms with Crippen molar-refractivity contribution in [2.75, 3.05) is 13.1 Å². The Morgan fingerprint density at radius 2 is 2.17 bits per heavy atom. The van der Waals surface area contributed by atoms with Gasteiger partial charge in [-0.05, 0) is 31.2 Å². The fourth-order valence-electron chi connectivity index (χ4n) is 3.45. The first kappa shape index (κ1) is 20.8. The van der Waals surface area contributed by atoms with Crippen molar-refractivity contribution in [1.29, 1.82) is 0 Å². The molecule has 1 amide bonds. The fourth-order valence-corrected chi connectivity index (χ4v) is 5.52. The second-order valence-electron chi connectivity index (χ2n) is 7.09. The van der Waals surface area contributed by atoms with E-state index >= 15 is 0 Å². The standard InChI is InChI=1S/C19H23N5O4S2/c1-2-23-13-16(12-21-23)30(26,27)24-7-5-14(6-8-24)17-10-18(28-22-17)19(25)20-11-15-4-3-9-29-15/h3-4,9-10,12-14H,2,5-8,11H2,1H3,(H,20,25). The Kier molecular flexibility index (Phi) is 6.02. The number of carbonyl (C=O) groups excluding carboxylic acids is 1. The number of amides is 1. The van der Waals surface area contributed by atoms with Crippen molar-refractivity contribution in [1.82, 2.24) is 24.6 Å². The van der Waals surface area contributed by atoms with Gasteiger partial charge in [0.05, 0.1) is 18.4 Å². The van der Waals surface area contributed by atoms with Crippen LogP contribution in [0.3, 0.4) is 0 Å². The summed E-state index contributed by atoms with van der Waals surface area (Å²) in [5.41, 5.74) is 0.687. The van der Waals surface area contributed by atoms with Crippen molar-refractivity contribution >= 4 is 27.3 Å². The normalized spacial score (nSPS) is 16.0. The topological polar surface area (TPSA) is 110 Å². The number of sulfonamides is 1. The summed E-state index contributed by atoms with van der Waals surface area (Å²) >= 11 is 1.57. The molecule has 1 aliphatic rings. The minimum Gasteiger partial charge on any atom is -0.351 e. The molecule has 3 aromatic rings. The van der Waals surface area contributed by atoms with E-state index in [1.165, 1.54) is 10.5 Å². The van der Waals surface area contributed by atoms with E-state index in [0.29, 0.717) is 44.7 Å². The van der Waals surface area contributed by atoms with E-state index < -0.39 is 10.0 Å². The maximum Gasteiger partial charge on any atom is 0.290 e. The van der Waals surface area contributed by atoms with E-state index in [4.69, 9.17) is 4.52 Å². The van der Waals surface area contributed by atoms with Crippen LogP contribution < -0.4 is 5.32 Å². The second kappa shape index (κ2) is 8.70. The molecule has 1 N–H and O–H groups in total. The van der Waals surface area contributed by atoms with Crippen molar-refractivity contribution in [2.24, 2.45) is 0 Å². The Morgan fingerprint density at radius 3 is 2.83 bits per heavy atom. The second-order valence-corrected chi connectivity index (χ2v) is 10.1. The molecule has 4 rings (SSSR count). The lowest BCUT2D eigenvalue weighted by atomic mass is 9.94. The molecule has 3 aromatic heterocycles. The molecular formula is C19H23N5O4S2. The number of nitrogens with one attached hydrogen (secondary N) is 1. The first-order chi connectivity index (χ1) is 14.5. The third-order valence-corrected chi connectivity index (χ3v) is 7.93. The summed E-state index contributed by atoms with van der Waals surface area (Å²) in [6.07, 6.45) is 4.18. The highest BCUT2D eigenvalue weighted by molar-refractivity contribution is 7.89. The van der Waals surface area contributed by atoms with Crippen LogP contribution in [0.2, 0.25) is 0 Å². The Balaban J connectivity index is 1.34. The quantitative estimate of drug-likeness (QED) is 0.593. The van der Waals surface area contributed by atoms with Crippen LogP contribution in [-0.4, -0.2) is 46.7 Å². The summed E-state index contributed by atoms with van der Waals surface area (Å²) in [6.45, 7) is 3.74. The van der Waals surface area contributed by atoms with Crippen LogP contribution in [0.15, 0.2) is 45.4 Å². The van der Waals surface area contributed by atoms with Crippen LogP contribution in [0, 0.1) is 0 Å². The predicted molar refractivity (Wildman–Crippen MR) is 111 cm³/mol. The summed E-state index contributed by atoms with van der Waals surface area (Å²) < 4.78 is 33.9. The number of piperidine rings is 1. The largest absolute Gasteiger partial charge is 0.351 e. The summed E-state index contributed by atoms with van der Waals surface area (Å²) in [4.78, 5) is 13.5. The predicted octanol–water partition coefficient (Wildman–Crippen LogP) is 2.45. The zero-order chi connectivity index (χ0) is 21.1. The van der Waals surface area contributed by atoms with Gasteiger partial charge in [0.25, 0.3) is 5.91 Å². The highest BCUT2D eigenvalue weighted by Gasteiger charge is 2.32. The first-order valence-electron chi connectivity index (χ1n) is 9.77.